The minimum atomic E-state index is -2.67. The fourth-order valence-electron chi connectivity index (χ4n) is 0.969. The van der Waals surface area contributed by atoms with Gasteiger partial charge in [-0.05, 0) is 15.9 Å². The van der Waals surface area contributed by atoms with Crippen LogP contribution in [0.5, 0.6) is 0 Å². The largest absolute Gasteiger partial charge is 0.481 e. The van der Waals surface area contributed by atoms with Gasteiger partial charge in [0.1, 0.15) is 5.69 Å². The first-order chi connectivity index (χ1) is 6.52. The van der Waals surface area contributed by atoms with Gasteiger partial charge < -0.3 is 5.11 Å². The molecule has 1 aromatic rings. The molecule has 0 atom stereocenters. The molecule has 78 valence electrons. The van der Waals surface area contributed by atoms with Gasteiger partial charge in [-0.25, -0.2) is 8.78 Å². The Balaban J connectivity index is 2.81. The average Bonchev–Trinajstić information content (AvgIpc) is 2.43. The molecule has 0 saturated carbocycles. The molecule has 1 N–H and O–H groups in total. The smallest absolute Gasteiger partial charge is 0.305 e. The molecule has 14 heavy (non-hydrogen) atoms. The minimum absolute atomic E-state index is 0.0550. The van der Waals surface area contributed by atoms with E-state index in [-0.39, 0.29) is 23.1 Å². The number of rotatable bonds is 4. The SMILES string of the molecule is O=C(O)CCn1ncc(Br)c1C(F)F. The second kappa shape index (κ2) is 4.50. The molecule has 1 heterocycles. The fourth-order valence-corrected chi connectivity index (χ4v) is 1.44. The van der Waals surface area contributed by atoms with Crippen molar-refractivity contribution in [2.24, 2.45) is 0 Å². The summed E-state index contributed by atoms with van der Waals surface area (Å²) in [6.07, 6.45) is -1.67. The third-order valence-electron chi connectivity index (χ3n) is 1.58. The molecule has 0 radical (unpaired) electrons. The van der Waals surface area contributed by atoms with Crippen molar-refractivity contribution >= 4 is 21.9 Å². The van der Waals surface area contributed by atoms with Crippen molar-refractivity contribution in [3.63, 3.8) is 0 Å². The van der Waals surface area contributed by atoms with E-state index in [4.69, 9.17) is 5.11 Å². The molecule has 1 aromatic heterocycles. The maximum Gasteiger partial charge on any atom is 0.305 e. The first-order valence-corrected chi connectivity index (χ1v) is 4.53. The summed E-state index contributed by atoms with van der Waals surface area (Å²) in [7, 11) is 0. The Morgan fingerprint density at radius 3 is 2.86 bits per heavy atom. The molecule has 0 saturated heterocycles. The lowest BCUT2D eigenvalue weighted by Crippen LogP contribution is -2.09. The molecule has 0 aliphatic heterocycles. The van der Waals surface area contributed by atoms with Gasteiger partial charge in [0.05, 0.1) is 23.6 Å². The quantitative estimate of drug-likeness (QED) is 0.910. The molecule has 0 bridgehead atoms. The molecule has 0 spiro atoms. The number of hydrogen-bond acceptors (Lipinski definition) is 2. The fraction of sp³-hybridized carbons (Fsp3) is 0.429. The number of carboxylic acid groups (broad SMARTS) is 1. The molecule has 0 aliphatic rings. The lowest BCUT2D eigenvalue weighted by molar-refractivity contribution is -0.137. The van der Waals surface area contributed by atoms with E-state index >= 15 is 0 Å². The summed E-state index contributed by atoms with van der Waals surface area (Å²) in [6, 6.07) is 0. The average molecular weight is 269 g/mol. The number of halogens is 3. The summed E-state index contributed by atoms with van der Waals surface area (Å²) in [6.45, 7) is -0.0550. The number of nitrogens with zero attached hydrogens (tertiary/aromatic N) is 2. The normalized spacial score (nSPS) is 10.9. The predicted octanol–water partition coefficient (Wildman–Crippen LogP) is 2.06. The van der Waals surface area contributed by atoms with E-state index < -0.39 is 12.4 Å². The lowest BCUT2D eigenvalue weighted by atomic mass is 10.4. The molecule has 0 aromatic carbocycles. The molecule has 0 fully saturated rings. The molecular weight excluding hydrogens is 262 g/mol. The molecule has 0 amide bonds. The topological polar surface area (TPSA) is 55.1 Å². The summed E-state index contributed by atoms with van der Waals surface area (Å²) in [5.41, 5.74) is -0.286. The van der Waals surface area contributed by atoms with Crippen LogP contribution in [-0.2, 0) is 11.3 Å². The first kappa shape index (κ1) is 11.1. The van der Waals surface area contributed by atoms with Crippen LogP contribution in [0.4, 0.5) is 8.78 Å². The van der Waals surface area contributed by atoms with Crippen molar-refractivity contribution in [1.29, 1.82) is 0 Å². The minimum Gasteiger partial charge on any atom is -0.481 e. The van der Waals surface area contributed by atoms with Crippen molar-refractivity contribution in [2.75, 3.05) is 0 Å². The summed E-state index contributed by atoms with van der Waals surface area (Å²) in [4.78, 5) is 10.2. The van der Waals surface area contributed by atoms with Crippen molar-refractivity contribution in [1.82, 2.24) is 9.78 Å². The zero-order chi connectivity index (χ0) is 10.7. The maximum atomic E-state index is 12.4. The van der Waals surface area contributed by atoms with Crippen molar-refractivity contribution in [3.05, 3.63) is 16.4 Å². The van der Waals surface area contributed by atoms with Gasteiger partial charge >= 0.3 is 5.97 Å². The van der Waals surface area contributed by atoms with E-state index in [1.165, 1.54) is 6.20 Å². The number of aliphatic carboxylic acids is 1. The number of carbonyl (C=O) groups is 1. The van der Waals surface area contributed by atoms with Crippen LogP contribution in [0.1, 0.15) is 18.5 Å². The molecule has 4 nitrogen and oxygen atoms in total. The Kier molecular flexibility index (Phi) is 3.56. The second-order valence-corrected chi connectivity index (χ2v) is 3.40. The lowest BCUT2D eigenvalue weighted by Gasteiger charge is -2.04. The van der Waals surface area contributed by atoms with Gasteiger partial charge in [0.15, 0.2) is 0 Å². The van der Waals surface area contributed by atoms with E-state index in [1.807, 2.05) is 0 Å². The monoisotopic (exact) mass is 268 g/mol. The molecule has 0 aliphatic carbocycles. The van der Waals surface area contributed by atoms with Crippen LogP contribution in [0.15, 0.2) is 10.7 Å². The van der Waals surface area contributed by atoms with Crippen LogP contribution in [0.3, 0.4) is 0 Å². The highest BCUT2D eigenvalue weighted by atomic mass is 79.9. The number of aromatic nitrogens is 2. The number of aryl methyl sites for hydroxylation is 1. The summed E-state index contributed by atoms with van der Waals surface area (Å²) in [5, 5.41) is 12.0. The Labute approximate surface area is 86.7 Å². The van der Waals surface area contributed by atoms with E-state index in [9.17, 15) is 13.6 Å². The summed E-state index contributed by atoms with van der Waals surface area (Å²) < 4.78 is 26.0. The van der Waals surface area contributed by atoms with Crippen LogP contribution in [0.25, 0.3) is 0 Å². The zero-order valence-electron chi connectivity index (χ0n) is 6.95. The molecular formula is C7H7BrF2N2O2. The van der Waals surface area contributed by atoms with Crippen LogP contribution in [0, 0.1) is 0 Å². The van der Waals surface area contributed by atoms with Gasteiger partial charge in [-0.3, -0.25) is 9.48 Å². The maximum absolute atomic E-state index is 12.4. The Morgan fingerprint density at radius 2 is 2.36 bits per heavy atom. The third-order valence-corrected chi connectivity index (χ3v) is 2.19. The Bertz CT molecular complexity index is 340. The highest BCUT2D eigenvalue weighted by molar-refractivity contribution is 9.10. The third kappa shape index (κ3) is 2.50. The Hall–Kier alpha value is -0.980. The summed E-state index contributed by atoms with van der Waals surface area (Å²) in [5.74, 6) is -1.04. The number of carboxylic acids is 1. The molecule has 0 unspecified atom stereocenters. The molecule has 1 rings (SSSR count). The number of alkyl halides is 2. The van der Waals surface area contributed by atoms with Gasteiger partial charge in [0.25, 0.3) is 6.43 Å². The van der Waals surface area contributed by atoms with Gasteiger partial charge in [-0.2, -0.15) is 5.10 Å². The van der Waals surface area contributed by atoms with E-state index in [0.29, 0.717) is 0 Å². The summed E-state index contributed by atoms with van der Waals surface area (Å²) >= 11 is 2.91. The van der Waals surface area contributed by atoms with Crippen molar-refractivity contribution in [2.45, 2.75) is 19.4 Å². The Morgan fingerprint density at radius 1 is 1.71 bits per heavy atom. The van der Waals surface area contributed by atoms with Gasteiger partial charge in [0, 0.05) is 0 Å². The highest BCUT2D eigenvalue weighted by Gasteiger charge is 2.18. The molecule has 7 heteroatoms. The van der Waals surface area contributed by atoms with Gasteiger partial charge in [-0.15, -0.1) is 0 Å². The first-order valence-electron chi connectivity index (χ1n) is 3.73. The van der Waals surface area contributed by atoms with Crippen molar-refractivity contribution < 1.29 is 18.7 Å². The predicted molar refractivity (Wildman–Crippen MR) is 47.1 cm³/mol. The highest BCUT2D eigenvalue weighted by Crippen LogP contribution is 2.26. The van der Waals surface area contributed by atoms with Crippen LogP contribution < -0.4 is 0 Å². The van der Waals surface area contributed by atoms with Crippen LogP contribution in [-0.4, -0.2) is 20.9 Å². The van der Waals surface area contributed by atoms with Crippen molar-refractivity contribution in [3.8, 4) is 0 Å². The van der Waals surface area contributed by atoms with E-state index in [2.05, 4.69) is 21.0 Å². The van der Waals surface area contributed by atoms with E-state index in [1.54, 1.807) is 0 Å². The number of hydrogen-bond donors (Lipinski definition) is 1. The van der Waals surface area contributed by atoms with Crippen LogP contribution >= 0.6 is 15.9 Å². The second-order valence-electron chi connectivity index (χ2n) is 2.55. The zero-order valence-corrected chi connectivity index (χ0v) is 8.54. The van der Waals surface area contributed by atoms with Crippen LogP contribution in [0.2, 0.25) is 0 Å². The van der Waals surface area contributed by atoms with Gasteiger partial charge in [0.2, 0.25) is 0 Å². The van der Waals surface area contributed by atoms with E-state index in [0.717, 1.165) is 4.68 Å². The van der Waals surface area contributed by atoms with Gasteiger partial charge in [-0.1, -0.05) is 0 Å². The standard InChI is InChI=1S/C7H7BrF2N2O2/c8-4-3-11-12(2-1-5(13)14)6(4)7(9)10/h3,7H,1-2H2,(H,13,14).